The molecule has 0 fully saturated rings. The molecule has 1 heterocycles. The average molecular weight is 239 g/mol. The summed E-state index contributed by atoms with van der Waals surface area (Å²) >= 11 is 0. The third-order valence-corrected chi connectivity index (χ3v) is 3.46. The quantitative estimate of drug-likeness (QED) is 0.845. The number of hydrogen-bond acceptors (Lipinski definition) is 3. The van der Waals surface area contributed by atoms with Gasteiger partial charge in [-0.3, -0.25) is 0 Å². The van der Waals surface area contributed by atoms with Crippen LogP contribution < -0.4 is 11.1 Å². The molecule has 3 nitrogen and oxygen atoms in total. The van der Waals surface area contributed by atoms with E-state index < -0.39 is 0 Å². The van der Waals surface area contributed by atoms with Crippen molar-refractivity contribution in [1.82, 2.24) is 4.98 Å². The predicted molar refractivity (Wildman–Crippen MR) is 75.0 cm³/mol. The lowest BCUT2D eigenvalue weighted by Gasteiger charge is -2.20. The van der Waals surface area contributed by atoms with Gasteiger partial charge in [0.05, 0.1) is 0 Å². The van der Waals surface area contributed by atoms with E-state index in [0.29, 0.717) is 5.82 Å². The standard InChI is InChI=1S/C15H17N3/c16-15-10-12(8-9-17-15)18-14-7-3-5-11-4-1-2-6-13(11)14/h3,5,7-10H,1-2,4,6H2,(H3,16,17,18). The zero-order valence-corrected chi connectivity index (χ0v) is 10.3. The second-order valence-corrected chi connectivity index (χ2v) is 4.74. The molecule has 0 aliphatic heterocycles. The van der Waals surface area contributed by atoms with Crippen molar-refractivity contribution in [1.29, 1.82) is 0 Å². The van der Waals surface area contributed by atoms with Gasteiger partial charge in [-0.15, -0.1) is 0 Å². The smallest absolute Gasteiger partial charge is 0.125 e. The summed E-state index contributed by atoms with van der Waals surface area (Å²) in [5, 5.41) is 3.45. The van der Waals surface area contributed by atoms with Crippen LogP contribution in [0.4, 0.5) is 17.2 Å². The third-order valence-electron chi connectivity index (χ3n) is 3.46. The molecule has 3 N–H and O–H groups in total. The van der Waals surface area contributed by atoms with Crippen LogP contribution in [-0.2, 0) is 12.8 Å². The maximum atomic E-state index is 5.70. The first-order valence-corrected chi connectivity index (χ1v) is 6.42. The van der Waals surface area contributed by atoms with Crippen LogP contribution in [0.1, 0.15) is 24.0 Å². The zero-order valence-electron chi connectivity index (χ0n) is 10.3. The molecule has 0 spiro atoms. The Morgan fingerprint density at radius 3 is 2.89 bits per heavy atom. The number of rotatable bonds is 2. The van der Waals surface area contributed by atoms with Crippen LogP contribution in [0.5, 0.6) is 0 Å². The molecule has 92 valence electrons. The lowest BCUT2D eigenvalue weighted by molar-refractivity contribution is 0.687. The average Bonchev–Trinajstić information content (AvgIpc) is 2.39. The Balaban J connectivity index is 1.93. The van der Waals surface area contributed by atoms with Gasteiger partial charge >= 0.3 is 0 Å². The number of nitrogens with one attached hydrogen (secondary N) is 1. The minimum atomic E-state index is 0.546. The molecule has 0 radical (unpaired) electrons. The molecule has 3 heteroatoms. The van der Waals surface area contributed by atoms with E-state index >= 15 is 0 Å². The van der Waals surface area contributed by atoms with Crippen LogP contribution in [0.3, 0.4) is 0 Å². The number of nitrogens with two attached hydrogens (primary N) is 1. The zero-order chi connectivity index (χ0) is 12.4. The topological polar surface area (TPSA) is 50.9 Å². The first kappa shape index (κ1) is 11.1. The number of pyridine rings is 1. The van der Waals surface area contributed by atoms with Crippen molar-refractivity contribution in [3.05, 3.63) is 47.7 Å². The Kier molecular flexibility index (Phi) is 2.89. The molecule has 1 aliphatic carbocycles. The molecule has 0 unspecified atom stereocenters. The van der Waals surface area contributed by atoms with Gasteiger partial charge in [0.1, 0.15) is 5.82 Å². The Labute approximate surface area is 107 Å². The largest absolute Gasteiger partial charge is 0.384 e. The number of benzene rings is 1. The molecule has 1 aromatic heterocycles. The van der Waals surface area contributed by atoms with Gasteiger partial charge in [-0.05, 0) is 48.9 Å². The minimum absolute atomic E-state index is 0.546. The molecule has 0 bridgehead atoms. The van der Waals surface area contributed by atoms with Crippen LogP contribution in [-0.4, -0.2) is 4.98 Å². The Bertz CT molecular complexity index is 563. The van der Waals surface area contributed by atoms with Crippen LogP contribution in [0.25, 0.3) is 0 Å². The second kappa shape index (κ2) is 4.69. The summed E-state index contributed by atoms with van der Waals surface area (Å²) in [6.07, 6.45) is 6.68. The van der Waals surface area contributed by atoms with Crippen molar-refractivity contribution in [2.24, 2.45) is 0 Å². The van der Waals surface area contributed by atoms with Crippen LogP contribution in [0, 0.1) is 0 Å². The summed E-state index contributed by atoms with van der Waals surface area (Å²) in [5.74, 6) is 0.546. The molecular formula is C15H17N3. The lowest BCUT2D eigenvalue weighted by atomic mass is 9.90. The fraction of sp³-hybridized carbons (Fsp3) is 0.267. The summed E-state index contributed by atoms with van der Waals surface area (Å²) in [6, 6.07) is 10.3. The van der Waals surface area contributed by atoms with Crippen molar-refractivity contribution in [2.45, 2.75) is 25.7 Å². The summed E-state index contributed by atoms with van der Waals surface area (Å²) in [5.41, 5.74) is 10.8. The molecule has 3 rings (SSSR count). The van der Waals surface area contributed by atoms with Gasteiger partial charge in [-0.25, -0.2) is 4.98 Å². The Morgan fingerprint density at radius 2 is 2.00 bits per heavy atom. The first-order chi connectivity index (χ1) is 8.83. The molecule has 0 saturated heterocycles. The molecule has 0 amide bonds. The van der Waals surface area contributed by atoms with E-state index in [9.17, 15) is 0 Å². The number of anilines is 3. The summed E-state index contributed by atoms with van der Waals surface area (Å²) in [7, 11) is 0. The molecule has 1 aliphatic rings. The number of aryl methyl sites for hydroxylation is 1. The minimum Gasteiger partial charge on any atom is -0.384 e. The highest BCUT2D eigenvalue weighted by molar-refractivity contribution is 5.66. The fourth-order valence-electron chi connectivity index (χ4n) is 2.58. The van der Waals surface area contributed by atoms with Gasteiger partial charge in [0.2, 0.25) is 0 Å². The number of fused-ring (bicyclic) bond motifs is 1. The Hall–Kier alpha value is -2.03. The monoisotopic (exact) mass is 239 g/mol. The van der Waals surface area contributed by atoms with Gasteiger partial charge in [-0.2, -0.15) is 0 Å². The molecule has 18 heavy (non-hydrogen) atoms. The van der Waals surface area contributed by atoms with Gasteiger partial charge in [0, 0.05) is 23.6 Å². The SMILES string of the molecule is Nc1cc(Nc2cccc3c2CCCC3)ccn1. The number of hydrogen-bond donors (Lipinski definition) is 2. The van der Waals surface area contributed by atoms with Crippen molar-refractivity contribution in [2.75, 3.05) is 11.1 Å². The highest BCUT2D eigenvalue weighted by Crippen LogP contribution is 2.30. The summed E-state index contributed by atoms with van der Waals surface area (Å²) in [6.45, 7) is 0. The normalized spacial score (nSPS) is 14.0. The first-order valence-electron chi connectivity index (χ1n) is 6.42. The summed E-state index contributed by atoms with van der Waals surface area (Å²) < 4.78 is 0. The van der Waals surface area contributed by atoms with E-state index in [1.54, 1.807) is 6.20 Å². The number of aromatic nitrogens is 1. The van der Waals surface area contributed by atoms with E-state index in [-0.39, 0.29) is 0 Å². The fourth-order valence-corrected chi connectivity index (χ4v) is 2.58. The number of nitrogen functional groups attached to an aromatic ring is 1. The predicted octanol–water partition coefficient (Wildman–Crippen LogP) is 3.29. The number of nitrogens with zero attached hydrogens (tertiary/aromatic N) is 1. The molecular weight excluding hydrogens is 222 g/mol. The molecule has 0 saturated carbocycles. The van der Waals surface area contributed by atoms with Crippen molar-refractivity contribution < 1.29 is 0 Å². The van der Waals surface area contributed by atoms with Gasteiger partial charge in [0.15, 0.2) is 0 Å². The Morgan fingerprint density at radius 1 is 1.11 bits per heavy atom. The van der Waals surface area contributed by atoms with E-state index in [0.717, 1.165) is 5.69 Å². The van der Waals surface area contributed by atoms with Gasteiger partial charge < -0.3 is 11.1 Å². The van der Waals surface area contributed by atoms with Crippen LogP contribution >= 0.6 is 0 Å². The maximum absolute atomic E-state index is 5.70. The van der Waals surface area contributed by atoms with Crippen molar-refractivity contribution >= 4 is 17.2 Å². The van der Waals surface area contributed by atoms with E-state index in [1.165, 1.54) is 42.5 Å². The summed E-state index contributed by atoms with van der Waals surface area (Å²) in [4.78, 5) is 4.01. The molecule has 2 aromatic rings. The van der Waals surface area contributed by atoms with Gasteiger partial charge in [-0.1, -0.05) is 12.1 Å². The molecule has 1 aromatic carbocycles. The second-order valence-electron chi connectivity index (χ2n) is 4.74. The van der Waals surface area contributed by atoms with E-state index in [1.807, 2.05) is 12.1 Å². The highest BCUT2D eigenvalue weighted by atomic mass is 14.9. The van der Waals surface area contributed by atoms with E-state index in [2.05, 4.69) is 28.5 Å². The maximum Gasteiger partial charge on any atom is 0.125 e. The third kappa shape index (κ3) is 2.16. The van der Waals surface area contributed by atoms with Crippen molar-refractivity contribution in [3.8, 4) is 0 Å². The van der Waals surface area contributed by atoms with Crippen molar-refractivity contribution in [3.63, 3.8) is 0 Å². The van der Waals surface area contributed by atoms with Crippen LogP contribution in [0.2, 0.25) is 0 Å². The van der Waals surface area contributed by atoms with Crippen LogP contribution in [0.15, 0.2) is 36.5 Å². The highest BCUT2D eigenvalue weighted by Gasteiger charge is 2.12. The van der Waals surface area contributed by atoms with Gasteiger partial charge in [0.25, 0.3) is 0 Å². The van der Waals surface area contributed by atoms with E-state index in [4.69, 9.17) is 5.73 Å². The lowest BCUT2D eigenvalue weighted by Crippen LogP contribution is -2.06. The molecule has 0 atom stereocenters.